The van der Waals surface area contributed by atoms with Gasteiger partial charge in [0.15, 0.2) is 5.78 Å². The number of nitrogens with one attached hydrogen (secondary N) is 1. The van der Waals surface area contributed by atoms with Gasteiger partial charge in [0.25, 0.3) is 0 Å². The summed E-state index contributed by atoms with van der Waals surface area (Å²) in [6, 6.07) is 5.29. The van der Waals surface area contributed by atoms with Gasteiger partial charge in [-0.1, -0.05) is 6.07 Å². The number of rotatable bonds is 10. The molecule has 0 saturated heterocycles. The molecule has 0 saturated carbocycles. The molecule has 0 aliphatic carbocycles. The lowest BCUT2D eigenvalue weighted by Gasteiger charge is -2.19. The van der Waals surface area contributed by atoms with Crippen molar-refractivity contribution in [3.63, 3.8) is 0 Å². The standard InChI is InChI=1S/C20H32N2O5/c1-20(2,3)27-19(24)21-12-8-14-26-17-10-7-9-16(25-6)18(17)15(23)11-13-22(4)5/h7,9-10H,8,11-14H2,1-6H3,(H,21,24). The van der Waals surface area contributed by atoms with Crippen LogP contribution in [0.3, 0.4) is 0 Å². The summed E-state index contributed by atoms with van der Waals surface area (Å²) < 4.78 is 16.3. The van der Waals surface area contributed by atoms with E-state index in [4.69, 9.17) is 14.2 Å². The van der Waals surface area contributed by atoms with Crippen LogP contribution in [0.15, 0.2) is 18.2 Å². The molecule has 0 bridgehead atoms. The number of hydrogen-bond donors (Lipinski definition) is 1. The molecule has 152 valence electrons. The molecule has 0 aromatic heterocycles. The molecule has 0 spiro atoms. The second-order valence-corrected chi connectivity index (χ2v) is 7.44. The maximum Gasteiger partial charge on any atom is 0.407 e. The summed E-state index contributed by atoms with van der Waals surface area (Å²) in [6.07, 6.45) is 0.509. The lowest BCUT2D eigenvalue weighted by atomic mass is 10.1. The maximum absolute atomic E-state index is 12.6. The molecule has 7 nitrogen and oxygen atoms in total. The molecule has 0 aliphatic rings. The number of ether oxygens (including phenoxy) is 3. The van der Waals surface area contributed by atoms with E-state index in [1.807, 2.05) is 39.8 Å². The largest absolute Gasteiger partial charge is 0.496 e. The van der Waals surface area contributed by atoms with E-state index in [-0.39, 0.29) is 5.78 Å². The Balaban J connectivity index is 2.59. The number of nitrogens with zero attached hydrogens (tertiary/aromatic N) is 1. The number of carbonyl (C=O) groups is 2. The monoisotopic (exact) mass is 380 g/mol. The molecular formula is C20H32N2O5. The molecule has 1 amide bonds. The minimum atomic E-state index is -0.525. The smallest absolute Gasteiger partial charge is 0.407 e. The first kappa shape index (κ1) is 22.8. The van der Waals surface area contributed by atoms with E-state index >= 15 is 0 Å². The molecule has 0 aliphatic heterocycles. The fourth-order valence-corrected chi connectivity index (χ4v) is 2.29. The van der Waals surface area contributed by atoms with E-state index in [2.05, 4.69) is 5.32 Å². The lowest BCUT2D eigenvalue weighted by Crippen LogP contribution is -2.33. The third-order valence-corrected chi connectivity index (χ3v) is 3.52. The minimum absolute atomic E-state index is 0.0250. The Kier molecular flexibility index (Phi) is 9.08. The van der Waals surface area contributed by atoms with E-state index in [0.717, 1.165) is 0 Å². The highest BCUT2D eigenvalue weighted by molar-refractivity contribution is 6.01. The van der Waals surface area contributed by atoms with Gasteiger partial charge >= 0.3 is 6.09 Å². The number of carbonyl (C=O) groups excluding carboxylic acids is 2. The van der Waals surface area contributed by atoms with Crippen LogP contribution in [0.25, 0.3) is 0 Å². The first-order chi connectivity index (χ1) is 12.6. The summed E-state index contributed by atoms with van der Waals surface area (Å²) in [5.41, 5.74) is -0.0647. The van der Waals surface area contributed by atoms with E-state index < -0.39 is 11.7 Å². The molecule has 0 heterocycles. The van der Waals surface area contributed by atoms with Gasteiger partial charge in [-0.15, -0.1) is 0 Å². The Morgan fingerprint density at radius 2 is 1.81 bits per heavy atom. The van der Waals surface area contributed by atoms with Crippen LogP contribution in [0.5, 0.6) is 11.5 Å². The van der Waals surface area contributed by atoms with Crippen molar-refractivity contribution >= 4 is 11.9 Å². The third-order valence-electron chi connectivity index (χ3n) is 3.52. The average molecular weight is 380 g/mol. The molecule has 0 radical (unpaired) electrons. The number of alkyl carbamates (subject to hydrolysis) is 1. The van der Waals surface area contributed by atoms with Gasteiger partial charge in [-0.3, -0.25) is 4.79 Å². The van der Waals surface area contributed by atoms with Crippen LogP contribution in [-0.2, 0) is 4.74 Å². The summed E-state index contributed by atoms with van der Waals surface area (Å²) in [6.45, 7) is 6.86. The number of methoxy groups -OCH3 is 1. The van der Waals surface area contributed by atoms with Crippen molar-refractivity contribution in [1.29, 1.82) is 0 Å². The Bertz CT molecular complexity index is 623. The zero-order valence-electron chi connectivity index (χ0n) is 17.3. The van der Waals surface area contributed by atoms with Crippen LogP contribution < -0.4 is 14.8 Å². The van der Waals surface area contributed by atoms with Crippen LogP contribution in [0.4, 0.5) is 4.79 Å². The van der Waals surface area contributed by atoms with Gasteiger partial charge in [0.05, 0.1) is 13.7 Å². The number of benzene rings is 1. The number of Topliss-reactive ketones (excluding diaryl/α,β-unsaturated/α-hetero) is 1. The fourth-order valence-electron chi connectivity index (χ4n) is 2.29. The second-order valence-electron chi connectivity index (χ2n) is 7.44. The predicted molar refractivity (Wildman–Crippen MR) is 105 cm³/mol. The first-order valence-corrected chi connectivity index (χ1v) is 9.08. The third kappa shape index (κ3) is 8.77. The van der Waals surface area contributed by atoms with Crippen LogP contribution in [0, 0.1) is 0 Å². The summed E-state index contributed by atoms with van der Waals surface area (Å²) in [5.74, 6) is 0.974. The summed E-state index contributed by atoms with van der Waals surface area (Å²) >= 11 is 0. The number of amides is 1. The van der Waals surface area contributed by atoms with Gasteiger partial charge in [0.2, 0.25) is 0 Å². The van der Waals surface area contributed by atoms with Crippen molar-refractivity contribution in [3.8, 4) is 11.5 Å². The SMILES string of the molecule is COc1cccc(OCCCNC(=O)OC(C)(C)C)c1C(=O)CCN(C)C. The van der Waals surface area contributed by atoms with Crippen LogP contribution in [0.1, 0.15) is 44.0 Å². The van der Waals surface area contributed by atoms with E-state index in [1.165, 1.54) is 7.11 Å². The van der Waals surface area contributed by atoms with Gasteiger partial charge in [-0.05, 0) is 53.4 Å². The van der Waals surface area contributed by atoms with Crippen LogP contribution in [-0.4, -0.2) is 63.3 Å². The quantitative estimate of drug-likeness (QED) is 0.496. The van der Waals surface area contributed by atoms with E-state index in [9.17, 15) is 9.59 Å². The topological polar surface area (TPSA) is 77.1 Å². The second kappa shape index (κ2) is 10.8. The lowest BCUT2D eigenvalue weighted by molar-refractivity contribution is 0.0525. The molecule has 1 rings (SSSR count). The van der Waals surface area contributed by atoms with Gasteiger partial charge in [-0.2, -0.15) is 0 Å². The van der Waals surface area contributed by atoms with Crippen LogP contribution in [0.2, 0.25) is 0 Å². The average Bonchev–Trinajstić information content (AvgIpc) is 2.57. The molecule has 27 heavy (non-hydrogen) atoms. The molecule has 0 fully saturated rings. The van der Waals surface area contributed by atoms with E-state index in [1.54, 1.807) is 18.2 Å². The van der Waals surface area contributed by atoms with Gasteiger partial charge < -0.3 is 24.4 Å². The predicted octanol–water partition coefficient (Wildman–Crippen LogP) is 3.12. The molecule has 1 aromatic carbocycles. The van der Waals surface area contributed by atoms with Gasteiger partial charge in [-0.25, -0.2) is 4.79 Å². The normalized spacial score (nSPS) is 11.2. The summed E-state index contributed by atoms with van der Waals surface area (Å²) in [7, 11) is 5.38. The Hall–Kier alpha value is -2.28. The maximum atomic E-state index is 12.6. The molecular weight excluding hydrogens is 348 g/mol. The van der Waals surface area contributed by atoms with E-state index in [0.29, 0.717) is 49.6 Å². The van der Waals surface area contributed by atoms with Crippen molar-refractivity contribution in [2.45, 2.75) is 39.2 Å². The molecule has 1 N–H and O–H groups in total. The highest BCUT2D eigenvalue weighted by Gasteiger charge is 2.19. The van der Waals surface area contributed by atoms with Crippen molar-refractivity contribution in [1.82, 2.24) is 10.2 Å². The summed E-state index contributed by atoms with van der Waals surface area (Å²) in [5, 5.41) is 2.68. The van der Waals surface area contributed by atoms with Crippen molar-refractivity contribution < 1.29 is 23.8 Å². The van der Waals surface area contributed by atoms with Crippen molar-refractivity contribution in [2.24, 2.45) is 0 Å². The van der Waals surface area contributed by atoms with Gasteiger partial charge in [0, 0.05) is 19.5 Å². The number of ketones is 1. The number of hydrogen-bond acceptors (Lipinski definition) is 6. The Morgan fingerprint density at radius 3 is 2.41 bits per heavy atom. The zero-order chi connectivity index (χ0) is 20.4. The highest BCUT2D eigenvalue weighted by Crippen LogP contribution is 2.29. The first-order valence-electron chi connectivity index (χ1n) is 9.08. The summed E-state index contributed by atoms with van der Waals surface area (Å²) in [4.78, 5) is 26.2. The minimum Gasteiger partial charge on any atom is -0.496 e. The van der Waals surface area contributed by atoms with Crippen molar-refractivity contribution in [2.75, 3.05) is 40.9 Å². The molecule has 0 atom stereocenters. The highest BCUT2D eigenvalue weighted by atomic mass is 16.6. The fraction of sp³-hybridized carbons (Fsp3) is 0.600. The molecule has 7 heteroatoms. The van der Waals surface area contributed by atoms with Gasteiger partial charge in [0.1, 0.15) is 22.7 Å². The van der Waals surface area contributed by atoms with Crippen LogP contribution >= 0.6 is 0 Å². The molecule has 1 aromatic rings. The Labute approximate surface area is 162 Å². The zero-order valence-corrected chi connectivity index (χ0v) is 17.3. The van der Waals surface area contributed by atoms with Crippen molar-refractivity contribution in [3.05, 3.63) is 23.8 Å². The molecule has 0 unspecified atom stereocenters. The Morgan fingerprint density at radius 1 is 1.15 bits per heavy atom.